The normalized spacial score (nSPS) is 10.1. The number of urea groups is 1. The molecule has 0 spiro atoms. The van der Waals surface area contributed by atoms with Gasteiger partial charge in [0.2, 0.25) is 0 Å². The van der Waals surface area contributed by atoms with E-state index in [9.17, 15) is 9.18 Å². The molecule has 24 heavy (non-hydrogen) atoms. The van der Waals surface area contributed by atoms with E-state index in [0.29, 0.717) is 24.5 Å². The van der Waals surface area contributed by atoms with Crippen molar-refractivity contribution in [3.8, 4) is 11.8 Å². The second-order valence-corrected chi connectivity index (χ2v) is 5.70. The van der Waals surface area contributed by atoms with Crippen LogP contribution < -0.4 is 15.4 Å². The van der Waals surface area contributed by atoms with Crippen LogP contribution in [0, 0.1) is 24.1 Å². The maximum atomic E-state index is 13.5. The minimum atomic E-state index is -0.545. The van der Waals surface area contributed by atoms with Crippen molar-refractivity contribution in [3.63, 3.8) is 0 Å². The molecule has 0 radical (unpaired) electrons. The Morgan fingerprint density at radius 2 is 2.21 bits per heavy atom. The van der Waals surface area contributed by atoms with E-state index in [2.05, 4.69) is 31.7 Å². The van der Waals surface area contributed by atoms with Crippen LogP contribution in [0.15, 0.2) is 22.7 Å². The van der Waals surface area contributed by atoms with E-state index in [1.807, 2.05) is 13.0 Å². The number of benzene rings is 1. The molecule has 0 fully saturated rings. The van der Waals surface area contributed by atoms with E-state index >= 15 is 0 Å². The van der Waals surface area contributed by atoms with Gasteiger partial charge in [0.15, 0.2) is 5.82 Å². The van der Waals surface area contributed by atoms with Crippen molar-refractivity contribution >= 4 is 33.5 Å². The van der Waals surface area contributed by atoms with Crippen LogP contribution in [-0.4, -0.2) is 22.9 Å². The molecule has 0 aliphatic rings. The lowest BCUT2D eigenvalue weighted by Crippen LogP contribution is -2.20. The standard InChI is InChI=1S/C15H15BrFN5O2/c1-9-6-14(21-22(9)5-3-4-18)20-15(23)19-12-7-10(16)11(17)8-13(12)24-2/h6-8H,3,5H2,1-2H3,(H2,19,20,21,23). The second-order valence-electron chi connectivity index (χ2n) is 4.85. The van der Waals surface area contributed by atoms with Gasteiger partial charge in [-0.3, -0.25) is 10.00 Å². The predicted molar refractivity (Wildman–Crippen MR) is 90.5 cm³/mol. The third kappa shape index (κ3) is 4.23. The van der Waals surface area contributed by atoms with Crippen molar-refractivity contribution in [2.75, 3.05) is 17.7 Å². The largest absolute Gasteiger partial charge is 0.494 e. The Bertz CT molecular complexity index is 800. The van der Waals surface area contributed by atoms with Crippen LogP contribution in [0.25, 0.3) is 0 Å². The number of hydrogen-bond donors (Lipinski definition) is 2. The topological polar surface area (TPSA) is 92.0 Å². The van der Waals surface area contributed by atoms with Gasteiger partial charge in [-0.1, -0.05) is 0 Å². The summed E-state index contributed by atoms with van der Waals surface area (Å²) >= 11 is 3.06. The van der Waals surface area contributed by atoms with Gasteiger partial charge in [-0.2, -0.15) is 10.4 Å². The fourth-order valence-corrected chi connectivity index (χ4v) is 2.36. The summed E-state index contributed by atoms with van der Waals surface area (Å²) in [5.41, 5.74) is 1.13. The molecule has 0 aliphatic heterocycles. The number of nitrogens with one attached hydrogen (secondary N) is 2. The Morgan fingerprint density at radius 3 is 2.88 bits per heavy atom. The van der Waals surface area contributed by atoms with Crippen LogP contribution in [0.4, 0.5) is 20.7 Å². The number of aryl methyl sites for hydroxylation is 2. The Balaban J connectivity index is 2.09. The van der Waals surface area contributed by atoms with E-state index in [4.69, 9.17) is 10.00 Å². The molecule has 0 saturated heterocycles. The SMILES string of the molecule is COc1cc(F)c(Br)cc1NC(=O)Nc1cc(C)n(CCC#N)n1. The molecule has 7 nitrogen and oxygen atoms in total. The fraction of sp³-hybridized carbons (Fsp3) is 0.267. The van der Waals surface area contributed by atoms with Crippen LogP contribution >= 0.6 is 15.9 Å². The van der Waals surface area contributed by atoms with Gasteiger partial charge in [-0.05, 0) is 28.9 Å². The number of hydrogen-bond acceptors (Lipinski definition) is 4. The molecule has 0 aliphatic carbocycles. The molecule has 126 valence electrons. The molecule has 0 saturated carbocycles. The van der Waals surface area contributed by atoms with E-state index < -0.39 is 11.8 Å². The van der Waals surface area contributed by atoms with Crippen molar-refractivity contribution in [2.45, 2.75) is 19.9 Å². The zero-order chi connectivity index (χ0) is 17.7. The van der Waals surface area contributed by atoms with Crippen molar-refractivity contribution in [2.24, 2.45) is 0 Å². The molecule has 1 aromatic heterocycles. The lowest BCUT2D eigenvalue weighted by molar-refractivity contribution is 0.262. The highest BCUT2D eigenvalue weighted by atomic mass is 79.9. The summed E-state index contributed by atoms with van der Waals surface area (Å²) < 4.78 is 20.4. The van der Waals surface area contributed by atoms with Gasteiger partial charge in [0.1, 0.15) is 11.6 Å². The molecular formula is C15H15BrFN5O2. The van der Waals surface area contributed by atoms with Gasteiger partial charge in [0.25, 0.3) is 0 Å². The number of anilines is 2. The average Bonchev–Trinajstić information content (AvgIpc) is 2.87. The van der Waals surface area contributed by atoms with Crippen LogP contribution in [0.1, 0.15) is 12.1 Å². The highest BCUT2D eigenvalue weighted by molar-refractivity contribution is 9.10. The van der Waals surface area contributed by atoms with Crippen molar-refractivity contribution in [1.82, 2.24) is 9.78 Å². The predicted octanol–water partition coefficient (Wildman–Crippen LogP) is 3.66. The molecule has 0 bridgehead atoms. The highest BCUT2D eigenvalue weighted by Gasteiger charge is 2.13. The number of carbonyl (C=O) groups is 1. The van der Waals surface area contributed by atoms with E-state index in [1.165, 1.54) is 19.2 Å². The monoisotopic (exact) mass is 395 g/mol. The van der Waals surface area contributed by atoms with Crippen LogP contribution in [0.2, 0.25) is 0 Å². The Hall–Kier alpha value is -2.60. The number of aromatic nitrogens is 2. The molecule has 2 N–H and O–H groups in total. The number of methoxy groups -OCH3 is 1. The first kappa shape index (κ1) is 17.7. The zero-order valence-electron chi connectivity index (χ0n) is 13.1. The third-order valence-corrected chi connectivity index (χ3v) is 3.76. The minimum Gasteiger partial charge on any atom is -0.494 e. The molecule has 1 heterocycles. The highest BCUT2D eigenvalue weighted by Crippen LogP contribution is 2.30. The van der Waals surface area contributed by atoms with Gasteiger partial charge in [-0.25, -0.2) is 9.18 Å². The Morgan fingerprint density at radius 1 is 1.46 bits per heavy atom. The van der Waals surface area contributed by atoms with Gasteiger partial charge < -0.3 is 10.1 Å². The number of carbonyl (C=O) groups excluding carboxylic acids is 1. The summed E-state index contributed by atoms with van der Waals surface area (Å²) in [6.07, 6.45) is 0.328. The van der Waals surface area contributed by atoms with E-state index in [0.717, 1.165) is 5.69 Å². The summed E-state index contributed by atoms with van der Waals surface area (Å²) in [4.78, 5) is 12.1. The van der Waals surface area contributed by atoms with Crippen LogP contribution in [0.5, 0.6) is 5.75 Å². The van der Waals surface area contributed by atoms with Gasteiger partial charge >= 0.3 is 6.03 Å². The summed E-state index contributed by atoms with van der Waals surface area (Å²) in [7, 11) is 1.38. The van der Waals surface area contributed by atoms with E-state index in [1.54, 1.807) is 10.7 Å². The number of nitriles is 1. The first-order valence-corrected chi connectivity index (χ1v) is 7.76. The quantitative estimate of drug-likeness (QED) is 0.807. The molecule has 1 aromatic carbocycles. The lowest BCUT2D eigenvalue weighted by atomic mass is 10.3. The maximum Gasteiger partial charge on any atom is 0.325 e. The van der Waals surface area contributed by atoms with Gasteiger partial charge in [-0.15, -0.1) is 0 Å². The molecule has 9 heteroatoms. The van der Waals surface area contributed by atoms with E-state index in [-0.39, 0.29) is 10.2 Å². The number of amides is 2. The van der Waals surface area contributed by atoms with Crippen LogP contribution in [-0.2, 0) is 6.54 Å². The fourth-order valence-electron chi connectivity index (χ4n) is 2.02. The minimum absolute atomic E-state index is 0.196. The Labute approximate surface area is 146 Å². The van der Waals surface area contributed by atoms with Gasteiger partial charge in [0, 0.05) is 17.8 Å². The molecular weight excluding hydrogens is 381 g/mol. The Kier molecular flexibility index (Phi) is 5.76. The average molecular weight is 396 g/mol. The summed E-state index contributed by atoms with van der Waals surface area (Å²) in [5.74, 6) is 0.0503. The first-order valence-electron chi connectivity index (χ1n) is 6.97. The maximum absolute atomic E-state index is 13.5. The summed E-state index contributed by atoms with van der Waals surface area (Å²) in [6.45, 7) is 2.28. The lowest BCUT2D eigenvalue weighted by Gasteiger charge is -2.11. The second kappa shape index (κ2) is 7.79. The number of ether oxygens (including phenoxy) is 1. The summed E-state index contributed by atoms with van der Waals surface area (Å²) in [6, 6.07) is 5.76. The zero-order valence-corrected chi connectivity index (χ0v) is 14.6. The van der Waals surface area contributed by atoms with Crippen molar-refractivity contribution in [3.05, 3.63) is 34.2 Å². The van der Waals surface area contributed by atoms with Crippen molar-refractivity contribution in [1.29, 1.82) is 5.26 Å². The first-order chi connectivity index (χ1) is 11.4. The number of halogens is 2. The van der Waals surface area contributed by atoms with Crippen molar-refractivity contribution < 1.29 is 13.9 Å². The molecule has 2 amide bonds. The smallest absolute Gasteiger partial charge is 0.325 e. The third-order valence-electron chi connectivity index (χ3n) is 3.15. The number of nitrogens with zero attached hydrogens (tertiary/aromatic N) is 3. The molecule has 0 atom stereocenters. The van der Waals surface area contributed by atoms with Crippen LogP contribution in [0.3, 0.4) is 0 Å². The van der Waals surface area contributed by atoms with Gasteiger partial charge in [0.05, 0.1) is 36.3 Å². The molecule has 2 aromatic rings. The molecule has 0 unspecified atom stereocenters. The summed E-state index contributed by atoms with van der Waals surface area (Å²) in [5, 5.41) is 18.0. The molecule has 2 rings (SSSR count). The number of rotatable bonds is 5.